The predicted octanol–water partition coefficient (Wildman–Crippen LogP) is 2.15. The third kappa shape index (κ3) is 4.22. The van der Waals surface area contributed by atoms with Gasteiger partial charge in [0.15, 0.2) is 0 Å². The number of primary amides is 1. The van der Waals surface area contributed by atoms with Gasteiger partial charge >= 0.3 is 6.03 Å². The van der Waals surface area contributed by atoms with Gasteiger partial charge in [0, 0.05) is 43.2 Å². The average Bonchev–Trinajstić information content (AvgIpc) is 3.12. The lowest BCUT2D eigenvalue weighted by Crippen LogP contribution is -2.41. The van der Waals surface area contributed by atoms with Crippen LogP contribution in [0.5, 0.6) is 0 Å². The molecule has 0 spiro atoms. The number of amides is 3. The van der Waals surface area contributed by atoms with Gasteiger partial charge in [0.1, 0.15) is 0 Å². The lowest BCUT2D eigenvalue weighted by atomic mass is 9.90. The Kier molecular flexibility index (Phi) is 5.55. The molecule has 7 nitrogen and oxygen atoms in total. The highest BCUT2D eigenvalue weighted by Gasteiger charge is 2.27. The summed E-state index contributed by atoms with van der Waals surface area (Å²) in [6, 6.07) is 7.79. The summed E-state index contributed by atoms with van der Waals surface area (Å²) in [7, 11) is 0. The minimum absolute atomic E-state index is 0.0415. The van der Waals surface area contributed by atoms with E-state index in [9.17, 15) is 9.59 Å². The second-order valence-electron chi connectivity index (χ2n) is 6.78. The summed E-state index contributed by atoms with van der Waals surface area (Å²) in [4.78, 5) is 25.0. The number of piperidine rings is 1. The van der Waals surface area contributed by atoms with Crippen LogP contribution in [-0.2, 0) is 4.79 Å². The van der Waals surface area contributed by atoms with Crippen molar-refractivity contribution in [1.82, 2.24) is 20.4 Å². The number of aromatic amines is 1. The number of carbonyl (C=O) groups is 2. The number of hydrogen-bond donors (Lipinski definition) is 3. The first kappa shape index (κ1) is 18.0. The van der Waals surface area contributed by atoms with Crippen molar-refractivity contribution in [2.45, 2.75) is 32.1 Å². The molecule has 7 heteroatoms. The summed E-state index contributed by atoms with van der Waals surface area (Å²) in [5.74, 6) is 0.274. The molecule has 1 aliphatic rings. The zero-order chi connectivity index (χ0) is 18.5. The van der Waals surface area contributed by atoms with Gasteiger partial charge < -0.3 is 16.0 Å². The molecule has 0 radical (unpaired) electrons. The topological polar surface area (TPSA) is 104 Å². The number of benzene rings is 1. The fraction of sp³-hybridized carbons (Fsp3) is 0.421. The van der Waals surface area contributed by atoms with E-state index in [-0.39, 0.29) is 24.8 Å². The van der Waals surface area contributed by atoms with Crippen LogP contribution in [-0.4, -0.2) is 46.7 Å². The van der Waals surface area contributed by atoms with Crippen LogP contribution in [0, 0.1) is 6.92 Å². The quantitative estimate of drug-likeness (QED) is 0.765. The largest absolute Gasteiger partial charge is 0.352 e. The van der Waals surface area contributed by atoms with Gasteiger partial charge in [-0.05, 0) is 25.3 Å². The van der Waals surface area contributed by atoms with Gasteiger partial charge in [0.25, 0.3) is 0 Å². The number of carbonyl (C=O) groups excluding carboxylic acids is 2. The van der Waals surface area contributed by atoms with Gasteiger partial charge in [-0.3, -0.25) is 9.89 Å². The van der Waals surface area contributed by atoms with Crippen LogP contribution in [0.25, 0.3) is 11.1 Å². The lowest BCUT2D eigenvalue weighted by Gasteiger charge is -2.33. The molecule has 1 saturated heterocycles. The van der Waals surface area contributed by atoms with E-state index >= 15 is 0 Å². The van der Waals surface area contributed by atoms with Crippen molar-refractivity contribution < 1.29 is 9.59 Å². The zero-order valence-corrected chi connectivity index (χ0v) is 15.0. The number of nitrogens with zero attached hydrogens (tertiary/aromatic N) is 2. The van der Waals surface area contributed by atoms with Crippen molar-refractivity contribution in [3.63, 3.8) is 0 Å². The molecule has 2 aromatic rings. The van der Waals surface area contributed by atoms with E-state index in [2.05, 4.69) is 46.7 Å². The lowest BCUT2D eigenvalue weighted by molar-refractivity contribution is -0.132. The maximum atomic E-state index is 12.4. The predicted molar refractivity (Wildman–Crippen MR) is 99.5 cm³/mol. The first-order chi connectivity index (χ1) is 12.5. The highest BCUT2D eigenvalue weighted by molar-refractivity contribution is 5.78. The van der Waals surface area contributed by atoms with Crippen molar-refractivity contribution in [1.29, 1.82) is 0 Å². The van der Waals surface area contributed by atoms with Gasteiger partial charge in [0.05, 0.1) is 6.20 Å². The van der Waals surface area contributed by atoms with E-state index in [1.54, 1.807) is 0 Å². The number of H-pyrrole nitrogens is 1. The molecule has 1 aromatic heterocycles. The third-order valence-electron chi connectivity index (χ3n) is 4.85. The molecule has 3 amide bonds. The summed E-state index contributed by atoms with van der Waals surface area (Å²) in [6.07, 6.45) is 4.09. The summed E-state index contributed by atoms with van der Waals surface area (Å²) in [5, 5.41) is 9.85. The third-order valence-corrected chi connectivity index (χ3v) is 4.85. The number of aryl methyl sites for hydroxylation is 1. The molecule has 26 heavy (non-hydrogen) atoms. The maximum Gasteiger partial charge on any atom is 0.312 e. The SMILES string of the molecule is Cc1ccc(-c2cn[nH]c2[C@@H]2CCCN(C(=O)CCNC(N)=O)C2)cc1. The van der Waals surface area contributed by atoms with Gasteiger partial charge in [-0.15, -0.1) is 0 Å². The van der Waals surface area contributed by atoms with Gasteiger partial charge in [-0.2, -0.15) is 5.10 Å². The van der Waals surface area contributed by atoms with E-state index in [0.717, 1.165) is 36.2 Å². The number of rotatable bonds is 5. The molecule has 4 N–H and O–H groups in total. The second-order valence-corrected chi connectivity index (χ2v) is 6.78. The van der Waals surface area contributed by atoms with E-state index in [1.807, 2.05) is 11.1 Å². The van der Waals surface area contributed by atoms with Crippen LogP contribution in [0.3, 0.4) is 0 Å². The van der Waals surface area contributed by atoms with Crippen molar-refractivity contribution >= 4 is 11.9 Å². The van der Waals surface area contributed by atoms with Gasteiger partial charge in [0.2, 0.25) is 5.91 Å². The smallest absolute Gasteiger partial charge is 0.312 e. The van der Waals surface area contributed by atoms with Crippen LogP contribution in [0.4, 0.5) is 4.79 Å². The van der Waals surface area contributed by atoms with Crippen LogP contribution in [0.15, 0.2) is 30.5 Å². The Bertz CT molecular complexity index is 768. The van der Waals surface area contributed by atoms with Crippen molar-refractivity contribution in [2.75, 3.05) is 19.6 Å². The number of nitrogens with one attached hydrogen (secondary N) is 2. The summed E-state index contributed by atoms with van der Waals surface area (Å²) >= 11 is 0. The Balaban J connectivity index is 1.68. The first-order valence-corrected chi connectivity index (χ1v) is 8.96. The fourth-order valence-corrected chi connectivity index (χ4v) is 3.46. The highest BCUT2D eigenvalue weighted by atomic mass is 16.2. The first-order valence-electron chi connectivity index (χ1n) is 8.96. The van der Waals surface area contributed by atoms with Gasteiger partial charge in [-0.25, -0.2) is 4.79 Å². The Morgan fingerprint density at radius 2 is 2.12 bits per heavy atom. The average molecular weight is 355 g/mol. The van der Waals surface area contributed by atoms with Crippen molar-refractivity contribution in [2.24, 2.45) is 5.73 Å². The molecule has 1 aliphatic heterocycles. The standard InChI is InChI=1S/C19H25N5O2/c1-13-4-6-14(7-5-13)16-11-22-23-18(16)15-3-2-10-24(12-15)17(25)8-9-21-19(20)26/h4-7,11,15H,2-3,8-10,12H2,1H3,(H,22,23)(H3,20,21,26)/t15-/m1/s1. The molecule has 0 unspecified atom stereocenters. The Labute approximate surface area is 153 Å². The Morgan fingerprint density at radius 1 is 1.35 bits per heavy atom. The van der Waals surface area contributed by atoms with E-state index in [0.29, 0.717) is 6.54 Å². The van der Waals surface area contributed by atoms with E-state index in [4.69, 9.17) is 5.73 Å². The minimum atomic E-state index is -0.602. The van der Waals surface area contributed by atoms with Crippen LogP contribution in [0.1, 0.15) is 36.4 Å². The molecule has 3 rings (SSSR count). The van der Waals surface area contributed by atoms with Crippen molar-refractivity contribution in [3.8, 4) is 11.1 Å². The molecule has 1 aromatic carbocycles. The van der Waals surface area contributed by atoms with Crippen LogP contribution >= 0.6 is 0 Å². The molecule has 138 valence electrons. The van der Waals surface area contributed by atoms with E-state index < -0.39 is 6.03 Å². The number of urea groups is 1. The number of aromatic nitrogens is 2. The molecule has 0 aliphatic carbocycles. The number of nitrogens with two attached hydrogens (primary N) is 1. The minimum Gasteiger partial charge on any atom is -0.352 e. The van der Waals surface area contributed by atoms with E-state index in [1.165, 1.54) is 5.56 Å². The van der Waals surface area contributed by atoms with Crippen molar-refractivity contribution in [3.05, 3.63) is 41.7 Å². The molecule has 0 bridgehead atoms. The summed E-state index contributed by atoms with van der Waals surface area (Å²) < 4.78 is 0. The fourth-order valence-electron chi connectivity index (χ4n) is 3.46. The normalized spacial score (nSPS) is 17.1. The Morgan fingerprint density at radius 3 is 2.85 bits per heavy atom. The monoisotopic (exact) mass is 355 g/mol. The molecule has 1 fully saturated rings. The van der Waals surface area contributed by atoms with Gasteiger partial charge in [-0.1, -0.05) is 29.8 Å². The summed E-state index contributed by atoms with van der Waals surface area (Å²) in [6.45, 7) is 3.75. The molecule has 0 saturated carbocycles. The second kappa shape index (κ2) is 8.03. The number of likely N-dealkylation sites (tertiary alicyclic amines) is 1. The summed E-state index contributed by atoms with van der Waals surface area (Å²) in [5.41, 5.74) is 9.57. The molecule has 1 atom stereocenters. The molecule has 2 heterocycles. The van der Waals surface area contributed by atoms with Crippen LogP contribution < -0.4 is 11.1 Å². The molecular weight excluding hydrogens is 330 g/mol. The highest BCUT2D eigenvalue weighted by Crippen LogP contribution is 2.33. The molecular formula is C19H25N5O2. The maximum absolute atomic E-state index is 12.4. The zero-order valence-electron chi connectivity index (χ0n) is 15.0. The Hall–Kier alpha value is -2.83. The number of hydrogen-bond acceptors (Lipinski definition) is 3. The van der Waals surface area contributed by atoms with Crippen LogP contribution in [0.2, 0.25) is 0 Å².